The van der Waals surface area contributed by atoms with Crippen molar-refractivity contribution in [1.82, 2.24) is 10.2 Å². The highest BCUT2D eigenvalue weighted by molar-refractivity contribution is 6.06. The van der Waals surface area contributed by atoms with Crippen LogP contribution in [0.2, 0.25) is 0 Å². The lowest BCUT2D eigenvalue weighted by Crippen LogP contribution is -2.52. The molecule has 3 rings (SSSR count). The summed E-state index contributed by atoms with van der Waals surface area (Å²) in [5.41, 5.74) is 1.69. The van der Waals surface area contributed by atoms with Crippen molar-refractivity contribution in [3.05, 3.63) is 29.3 Å². The highest BCUT2D eigenvalue weighted by Gasteiger charge is 2.39. The molecular weight excluding hydrogens is 354 g/mol. The summed E-state index contributed by atoms with van der Waals surface area (Å²) < 4.78 is 0. The van der Waals surface area contributed by atoms with E-state index in [0.29, 0.717) is 23.2 Å². The second kappa shape index (κ2) is 7.75. The summed E-state index contributed by atoms with van der Waals surface area (Å²) >= 11 is 0. The van der Waals surface area contributed by atoms with Crippen molar-refractivity contribution in [3.8, 4) is 0 Å². The molecule has 9 nitrogen and oxygen atoms in total. The Hall–Kier alpha value is -2.94. The maximum Gasteiger partial charge on any atom is 0.303 e. The number of nitrogens with zero attached hydrogens (tertiary/aromatic N) is 1. The van der Waals surface area contributed by atoms with Gasteiger partial charge in [-0.15, -0.1) is 0 Å². The molecular formula is C18H21N3O6. The van der Waals surface area contributed by atoms with Crippen LogP contribution in [0.25, 0.3) is 0 Å². The average molecular weight is 375 g/mol. The number of anilines is 1. The zero-order valence-corrected chi connectivity index (χ0v) is 14.6. The number of carboxylic acids is 1. The minimum absolute atomic E-state index is 0.0343. The highest BCUT2D eigenvalue weighted by atomic mass is 16.4. The van der Waals surface area contributed by atoms with E-state index < -0.39 is 24.1 Å². The molecule has 0 bridgehead atoms. The van der Waals surface area contributed by atoms with Gasteiger partial charge in [0.15, 0.2) is 0 Å². The third kappa shape index (κ3) is 4.08. The van der Waals surface area contributed by atoms with Crippen LogP contribution in [0.15, 0.2) is 18.2 Å². The highest BCUT2D eigenvalue weighted by Crippen LogP contribution is 2.32. The Bertz CT molecular complexity index is 793. The Morgan fingerprint density at radius 3 is 2.81 bits per heavy atom. The van der Waals surface area contributed by atoms with Gasteiger partial charge >= 0.3 is 5.97 Å². The van der Waals surface area contributed by atoms with E-state index in [0.717, 1.165) is 0 Å². The third-order valence-electron chi connectivity index (χ3n) is 4.77. The molecule has 27 heavy (non-hydrogen) atoms. The Balaban J connectivity index is 1.71. The first-order chi connectivity index (χ1) is 12.9. The van der Waals surface area contributed by atoms with Crippen LogP contribution in [0, 0.1) is 0 Å². The number of carboxylic acid groups (broad SMARTS) is 1. The number of carbonyl (C=O) groups is 4. The number of nitrogens with one attached hydrogen (secondary N) is 2. The molecule has 2 unspecified atom stereocenters. The summed E-state index contributed by atoms with van der Waals surface area (Å²) in [5.74, 6) is -2.03. The fourth-order valence-electron chi connectivity index (χ4n) is 3.42. The molecule has 3 amide bonds. The lowest BCUT2D eigenvalue weighted by atomic mass is 10.0. The summed E-state index contributed by atoms with van der Waals surface area (Å²) in [6.45, 7) is 0.200. The zero-order chi connectivity index (χ0) is 19.6. The molecule has 0 saturated carbocycles. The van der Waals surface area contributed by atoms with Gasteiger partial charge in [0, 0.05) is 36.2 Å². The van der Waals surface area contributed by atoms with Gasteiger partial charge in [0.05, 0.1) is 0 Å². The molecule has 2 atom stereocenters. The van der Waals surface area contributed by atoms with Gasteiger partial charge in [-0.1, -0.05) is 6.07 Å². The number of aliphatic carboxylic acids is 1. The predicted molar refractivity (Wildman–Crippen MR) is 93.6 cm³/mol. The molecule has 1 aromatic carbocycles. The molecule has 1 fully saturated rings. The van der Waals surface area contributed by atoms with Crippen LogP contribution in [0.3, 0.4) is 0 Å². The molecule has 1 aromatic rings. The van der Waals surface area contributed by atoms with E-state index in [4.69, 9.17) is 5.11 Å². The van der Waals surface area contributed by atoms with E-state index in [2.05, 4.69) is 10.6 Å². The molecule has 2 aliphatic heterocycles. The van der Waals surface area contributed by atoms with Gasteiger partial charge in [-0.3, -0.25) is 24.5 Å². The number of carbonyl (C=O) groups excluding carboxylic acids is 3. The van der Waals surface area contributed by atoms with Crippen LogP contribution in [-0.4, -0.2) is 51.1 Å². The minimum atomic E-state index is -0.949. The maximum absolute atomic E-state index is 12.7. The summed E-state index contributed by atoms with van der Waals surface area (Å²) in [6.07, 6.45) is 0.0544. The largest absolute Gasteiger partial charge is 0.481 e. The van der Waals surface area contributed by atoms with Gasteiger partial charge in [-0.05, 0) is 31.4 Å². The minimum Gasteiger partial charge on any atom is -0.481 e. The molecule has 0 spiro atoms. The van der Waals surface area contributed by atoms with Crippen LogP contribution in [0.1, 0.15) is 48.0 Å². The van der Waals surface area contributed by atoms with Crippen molar-refractivity contribution < 1.29 is 29.4 Å². The van der Waals surface area contributed by atoms with E-state index >= 15 is 0 Å². The SMILES string of the molecule is O=C(O)CCCC(O)Nc1cccc2c1CN(C1CCC(=O)NC1=O)C2=O. The van der Waals surface area contributed by atoms with Crippen molar-refractivity contribution in [1.29, 1.82) is 0 Å². The number of piperidine rings is 1. The van der Waals surface area contributed by atoms with Gasteiger partial charge in [-0.2, -0.15) is 0 Å². The monoisotopic (exact) mass is 375 g/mol. The number of aliphatic hydroxyl groups is 1. The van der Waals surface area contributed by atoms with Crippen molar-refractivity contribution in [2.24, 2.45) is 0 Å². The molecule has 0 aromatic heterocycles. The first-order valence-corrected chi connectivity index (χ1v) is 8.79. The Kier molecular flexibility index (Phi) is 5.41. The summed E-state index contributed by atoms with van der Waals surface area (Å²) in [7, 11) is 0. The van der Waals surface area contributed by atoms with Gasteiger partial charge in [0.2, 0.25) is 11.8 Å². The van der Waals surface area contributed by atoms with E-state index in [9.17, 15) is 24.3 Å². The number of benzene rings is 1. The Labute approximate surface area is 155 Å². The van der Waals surface area contributed by atoms with Crippen molar-refractivity contribution >= 4 is 29.4 Å². The second-order valence-electron chi connectivity index (χ2n) is 6.68. The maximum atomic E-state index is 12.7. The Morgan fingerprint density at radius 2 is 2.11 bits per heavy atom. The first kappa shape index (κ1) is 18.8. The quantitative estimate of drug-likeness (QED) is 0.401. The third-order valence-corrected chi connectivity index (χ3v) is 4.77. The van der Waals surface area contributed by atoms with Crippen LogP contribution in [0.4, 0.5) is 5.69 Å². The van der Waals surface area contributed by atoms with E-state index in [1.165, 1.54) is 4.90 Å². The summed E-state index contributed by atoms with van der Waals surface area (Å²) in [6, 6.07) is 4.36. The average Bonchev–Trinajstić information content (AvgIpc) is 2.93. The second-order valence-corrected chi connectivity index (χ2v) is 6.68. The fraction of sp³-hybridized carbons (Fsp3) is 0.444. The Morgan fingerprint density at radius 1 is 1.33 bits per heavy atom. The molecule has 0 radical (unpaired) electrons. The van der Waals surface area contributed by atoms with E-state index in [1.54, 1.807) is 18.2 Å². The fourth-order valence-corrected chi connectivity index (χ4v) is 3.42. The standard InChI is InChI=1S/C18H21N3O6/c22-14(5-2-6-16(24)25)19-12-4-1-3-10-11(12)9-21(18(10)27)13-7-8-15(23)20-17(13)26/h1,3-4,13-14,19,22H,2,5-9H2,(H,24,25)(H,20,23,26). The molecule has 9 heteroatoms. The van der Waals surface area contributed by atoms with Crippen LogP contribution < -0.4 is 10.6 Å². The van der Waals surface area contributed by atoms with Gasteiger partial charge in [-0.25, -0.2) is 0 Å². The molecule has 4 N–H and O–H groups in total. The van der Waals surface area contributed by atoms with Crippen LogP contribution >= 0.6 is 0 Å². The molecule has 1 saturated heterocycles. The molecule has 144 valence electrons. The first-order valence-electron chi connectivity index (χ1n) is 8.79. The molecule has 0 aliphatic carbocycles. The number of aliphatic hydroxyl groups excluding tert-OH is 1. The van der Waals surface area contributed by atoms with Gasteiger partial charge in [0.1, 0.15) is 12.3 Å². The smallest absolute Gasteiger partial charge is 0.303 e. The molecule has 2 aliphatic rings. The van der Waals surface area contributed by atoms with Crippen LogP contribution in [-0.2, 0) is 20.9 Å². The van der Waals surface area contributed by atoms with Crippen molar-refractivity contribution in [3.63, 3.8) is 0 Å². The van der Waals surface area contributed by atoms with E-state index in [1.807, 2.05) is 0 Å². The predicted octanol–water partition coefficient (Wildman–Crippen LogP) is 0.433. The topological polar surface area (TPSA) is 136 Å². The number of rotatable bonds is 7. The number of hydrogen-bond acceptors (Lipinski definition) is 6. The number of amides is 3. The van der Waals surface area contributed by atoms with Crippen molar-refractivity contribution in [2.45, 2.75) is 50.9 Å². The van der Waals surface area contributed by atoms with Gasteiger partial charge in [0.25, 0.3) is 5.91 Å². The lowest BCUT2D eigenvalue weighted by molar-refractivity contribution is -0.138. The van der Waals surface area contributed by atoms with Crippen LogP contribution in [0.5, 0.6) is 0 Å². The molecule has 2 heterocycles. The van der Waals surface area contributed by atoms with E-state index in [-0.39, 0.29) is 44.0 Å². The normalized spacial score (nSPS) is 20.3. The lowest BCUT2D eigenvalue weighted by Gasteiger charge is -2.29. The van der Waals surface area contributed by atoms with Gasteiger partial charge < -0.3 is 20.4 Å². The number of imide groups is 1. The summed E-state index contributed by atoms with van der Waals surface area (Å²) in [5, 5.41) is 23.9. The van der Waals surface area contributed by atoms with Crippen molar-refractivity contribution in [2.75, 3.05) is 5.32 Å². The zero-order valence-electron chi connectivity index (χ0n) is 14.6. The number of hydrogen-bond donors (Lipinski definition) is 4. The summed E-state index contributed by atoms with van der Waals surface area (Å²) in [4.78, 5) is 48.1. The number of fused-ring (bicyclic) bond motifs is 1.